The van der Waals surface area contributed by atoms with E-state index in [4.69, 9.17) is 5.73 Å². The van der Waals surface area contributed by atoms with Gasteiger partial charge in [-0.05, 0) is 18.7 Å². The fourth-order valence-electron chi connectivity index (χ4n) is 3.30. The third-order valence-electron chi connectivity index (χ3n) is 5.11. The summed E-state index contributed by atoms with van der Waals surface area (Å²) in [6.07, 6.45) is -3.94. The largest absolute Gasteiger partial charge is 0.433 e. The maximum atomic E-state index is 13.1. The smallest absolute Gasteiger partial charge is 0.338 e. The summed E-state index contributed by atoms with van der Waals surface area (Å²) in [5.74, 6) is -0.672. The molecule has 3 aromatic heterocycles. The minimum absolute atomic E-state index is 0.0965. The molecule has 0 saturated carbocycles. The fraction of sp³-hybridized carbons (Fsp3) is 0.300. The number of aromatic nitrogens is 6. The Bertz CT molecular complexity index is 1220. The molecule has 1 fully saturated rings. The van der Waals surface area contributed by atoms with Gasteiger partial charge in [0, 0.05) is 48.7 Å². The highest BCUT2D eigenvalue weighted by Gasteiger charge is 2.39. The number of nitrogens with two attached hydrogens (primary N) is 1. The van der Waals surface area contributed by atoms with Crippen LogP contribution >= 0.6 is 0 Å². The van der Waals surface area contributed by atoms with Crippen molar-refractivity contribution in [2.45, 2.75) is 12.4 Å². The lowest BCUT2D eigenvalue weighted by Gasteiger charge is -2.39. The number of nitrogens with zero attached hydrogens (tertiary/aromatic N) is 7. The third kappa shape index (κ3) is 5.29. The molecule has 0 atom stereocenters. The van der Waals surface area contributed by atoms with Crippen LogP contribution in [0.5, 0.6) is 0 Å². The predicted octanol–water partition coefficient (Wildman–Crippen LogP) is 2.58. The minimum Gasteiger partial charge on any atom is -0.338 e. The number of carbonyl (C=O) groups is 1. The van der Waals surface area contributed by atoms with E-state index in [1.807, 2.05) is 0 Å². The van der Waals surface area contributed by atoms with Crippen molar-refractivity contribution in [3.05, 3.63) is 54.1 Å². The van der Waals surface area contributed by atoms with Crippen LogP contribution in [0.4, 0.5) is 26.3 Å². The van der Waals surface area contributed by atoms with Crippen molar-refractivity contribution in [3.63, 3.8) is 0 Å². The van der Waals surface area contributed by atoms with Gasteiger partial charge in [-0.2, -0.15) is 26.3 Å². The summed E-state index contributed by atoms with van der Waals surface area (Å²) in [4.78, 5) is 28.8. The molecule has 3 aromatic rings. The van der Waals surface area contributed by atoms with E-state index in [1.165, 1.54) is 29.8 Å². The van der Waals surface area contributed by atoms with Crippen LogP contribution in [0.3, 0.4) is 0 Å². The van der Waals surface area contributed by atoms with Crippen LogP contribution in [0.2, 0.25) is 0 Å². The first-order valence-electron chi connectivity index (χ1n) is 10.00. The van der Waals surface area contributed by atoms with Crippen molar-refractivity contribution >= 4 is 17.7 Å². The van der Waals surface area contributed by atoms with E-state index < -0.39 is 41.0 Å². The second-order valence-electron chi connectivity index (χ2n) is 7.65. The number of likely N-dealkylation sites (tertiary alicyclic amines) is 1. The Morgan fingerprint density at radius 2 is 1.66 bits per heavy atom. The summed E-state index contributed by atoms with van der Waals surface area (Å²) in [7, 11) is 0. The Kier molecular flexibility index (Phi) is 6.27. The molecule has 0 unspecified atom stereocenters. The van der Waals surface area contributed by atoms with Gasteiger partial charge in [-0.15, -0.1) is 5.10 Å². The van der Waals surface area contributed by atoms with E-state index in [1.54, 1.807) is 0 Å². The molecule has 1 aliphatic heterocycles. The van der Waals surface area contributed by atoms with E-state index in [-0.39, 0.29) is 11.5 Å². The summed E-state index contributed by atoms with van der Waals surface area (Å²) < 4.78 is 79.8. The molecule has 9 nitrogen and oxygen atoms in total. The number of hydrogen-bond donors (Lipinski definition) is 1. The topological polar surface area (TPSA) is 116 Å². The number of hydrogen-bond acceptors (Lipinski definition) is 7. The maximum Gasteiger partial charge on any atom is 0.433 e. The summed E-state index contributed by atoms with van der Waals surface area (Å²) in [6, 6.07) is 0.839. The highest BCUT2D eigenvalue weighted by molar-refractivity contribution is 6.22. The Morgan fingerprint density at radius 1 is 1.06 bits per heavy atom. The van der Waals surface area contributed by atoms with Crippen LogP contribution in [0.1, 0.15) is 17.0 Å². The Labute approximate surface area is 193 Å². The molecule has 2 N–H and O–H groups in total. The molecular formula is C20H16F6N8O. The average Bonchev–Trinajstić information content (AvgIpc) is 3.24. The lowest BCUT2D eigenvalue weighted by Crippen LogP contribution is -2.52. The van der Waals surface area contributed by atoms with Crippen molar-refractivity contribution < 1.29 is 31.1 Å². The number of amides is 1. The quantitative estimate of drug-likeness (QED) is 0.425. The molecule has 0 radical (unpaired) electrons. The first-order valence-corrected chi connectivity index (χ1v) is 10.00. The molecule has 4 heterocycles. The molecule has 184 valence electrons. The first-order chi connectivity index (χ1) is 16.5. The molecule has 1 saturated heterocycles. The second-order valence-corrected chi connectivity index (χ2v) is 7.65. The Morgan fingerprint density at radius 3 is 2.20 bits per heavy atom. The zero-order chi connectivity index (χ0) is 25.4. The maximum absolute atomic E-state index is 13.1. The summed E-state index contributed by atoms with van der Waals surface area (Å²) in [5, 5.41) is 3.94. The summed E-state index contributed by atoms with van der Waals surface area (Å²) >= 11 is 0. The number of carbonyl (C=O) groups excluding carboxylic acids is 1. The number of pyridine rings is 1. The lowest BCUT2D eigenvalue weighted by molar-refractivity contribution is -0.150. The first kappa shape index (κ1) is 24.3. The van der Waals surface area contributed by atoms with Gasteiger partial charge in [0.25, 0.3) is 5.91 Å². The molecular weight excluding hydrogens is 482 g/mol. The van der Waals surface area contributed by atoms with E-state index in [0.29, 0.717) is 37.3 Å². The van der Waals surface area contributed by atoms with Crippen LogP contribution in [0.15, 0.2) is 37.2 Å². The minimum atomic E-state index is -5.12. The van der Waals surface area contributed by atoms with E-state index in [2.05, 4.69) is 25.0 Å². The molecule has 35 heavy (non-hydrogen) atoms. The molecule has 1 aliphatic rings. The van der Waals surface area contributed by atoms with Crippen LogP contribution < -0.4 is 5.73 Å². The Hall–Kier alpha value is -3.88. The summed E-state index contributed by atoms with van der Waals surface area (Å²) in [5.41, 5.74) is 2.00. The molecule has 1 amide bonds. The van der Waals surface area contributed by atoms with Crippen LogP contribution in [0.25, 0.3) is 23.2 Å². The van der Waals surface area contributed by atoms with Gasteiger partial charge in [-0.3, -0.25) is 4.79 Å². The summed E-state index contributed by atoms with van der Waals surface area (Å²) in [6.45, 7) is 1.27. The van der Waals surface area contributed by atoms with Crippen molar-refractivity contribution in [1.82, 2.24) is 34.6 Å². The van der Waals surface area contributed by atoms with Gasteiger partial charge < -0.3 is 10.6 Å². The van der Waals surface area contributed by atoms with E-state index >= 15 is 0 Å². The second kappa shape index (κ2) is 9.05. The Balaban J connectivity index is 1.72. The van der Waals surface area contributed by atoms with Gasteiger partial charge in [0.15, 0.2) is 5.82 Å². The highest BCUT2D eigenvalue weighted by Crippen LogP contribution is 2.35. The van der Waals surface area contributed by atoms with Crippen molar-refractivity contribution in [2.24, 2.45) is 11.7 Å². The number of halogens is 6. The van der Waals surface area contributed by atoms with Gasteiger partial charge in [-0.25, -0.2) is 24.6 Å². The standard InChI is InChI=1S/C20H16F6N8O/c21-19(22,23)15-1-12(2-16(31-15)20(24,25)26)17-30-10-34(32-17)8-14(13-4-28-9-29-5-13)18(35)33-6-11(3-27)7-33/h1-2,4-5,8-11H,3,6-7,27H2/b14-8+. The number of rotatable bonds is 5. The van der Waals surface area contributed by atoms with Crippen LogP contribution in [-0.2, 0) is 17.1 Å². The fourth-order valence-corrected chi connectivity index (χ4v) is 3.30. The van der Waals surface area contributed by atoms with Crippen LogP contribution in [-0.4, -0.2) is 60.2 Å². The van der Waals surface area contributed by atoms with Gasteiger partial charge in [-0.1, -0.05) is 0 Å². The SMILES string of the molecule is NCC1CN(C(=O)/C(=C/n2cnc(-c3cc(C(F)(F)F)nc(C(F)(F)F)c3)n2)c2cncnc2)C1. The normalized spacial score (nSPS) is 15.3. The van der Waals surface area contributed by atoms with Gasteiger partial charge in [0.1, 0.15) is 24.0 Å². The average molecular weight is 498 g/mol. The molecule has 0 aliphatic carbocycles. The molecule has 0 aromatic carbocycles. The van der Waals surface area contributed by atoms with Crippen molar-refractivity contribution in [2.75, 3.05) is 19.6 Å². The lowest BCUT2D eigenvalue weighted by atomic mass is 9.98. The molecule has 4 rings (SSSR count). The molecule has 0 bridgehead atoms. The molecule has 0 spiro atoms. The van der Waals surface area contributed by atoms with Crippen molar-refractivity contribution in [3.8, 4) is 11.4 Å². The van der Waals surface area contributed by atoms with E-state index in [9.17, 15) is 31.1 Å². The third-order valence-corrected chi connectivity index (χ3v) is 5.11. The monoisotopic (exact) mass is 498 g/mol. The molecule has 15 heteroatoms. The van der Waals surface area contributed by atoms with Gasteiger partial charge in [0.2, 0.25) is 0 Å². The zero-order valence-corrected chi connectivity index (χ0v) is 17.6. The van der Waals surface area contributed by atoms with E-state index in [0.717, 1.165) is 11.0 Å². The van der Waals surface area contributed by atoms with Crippen LogP contribution in [0, 0.1) is 5.92 Å². The van der Waals surface area contributed by atoms with Gasteiger partial charge >= 0.3 is 12.4 Å². The zero-order valence-electron chi connectivity index (χ0n) is 17.6. The highest BCUT2D eigenvalue weighted by atomic mass is 19.4. The van der Waals surface area contributed by atoms with Gasteiger partial charge in [0.05, 0.1) is 5.57 Å². The number of alkyl halides is 6. The van der Waals surface area contributed by atoms with Crippen molar-refractivity contribution in [1.29, 1.82) is 0 Å². The predicted molar refractivity (Wildman–Crippen MR) is 109 cm³/mol.